The number of benzene rings is 1. The van der Waals surface area contributed by atoms with Crippen LogP contribution in [0.15, 0.2) is 35.1 Å². The Labute approximate surface area is 144 Å². The van der Waals surface area contributed by atoms with Crippen molar-refractivity contribution in [1.29, 1.82) is 0 Å². The SMILES string of the molecule is O=C(c1cc2c([nH]c1=O)CCC2)N1CCO[C@@H](c2ccc(F)cc2)C1. The van der Waals surface area contributed by atoms with Crippen LogP contribution in [0.2, 0.25) is 0 Å². The summed E-state index contributed by atoms with van der Waals surface area (Å²) in [5.74, 6) is -0.580. The summed E-state index contributed by atoms with van der Waals surface area (Å²) in [6, 6.07) is 7.83. The molecule has 2 aromatic rings. The molecule has 0 radical (unpaired) electrons. The number of carbonyl (C=O) groups is 1. The third-order valence-corrected chi connectivity index (χ3v) is 4.91. The maximum Gasteiger partial charge on any atom is 0.261 e. The van der Waals surface area contributed by atoms with Crippen LogP contribution in [-0.4, -0.2) is 35.5 Å². The summed E-state index contributed by atoms with van der Waals surface area (Å²) in [5.41, 5.74) is 2.71. The molecule has 25 heavy (non-hydrogen) atoms. The Morgan fingerprint density at radius 1 is 1.24 bits per heavy atom. The van der Waals surface area contributed by atoms with Crippen molar-refractivity contribution in [2.24, 2.45) is 0 Å². The van der Waals surface area contributed by atoms with Gasteiger partial charge in [-0.3, -0.25) is 9.59 Å². The average molecular weight is 342 g/mol. The second-order valence-electron chi connectivity index (χ2n) is 6.53. The number of morpholine rings is 1. The first-order chi connectivity index (χ1) is 12.1. The molecule has 1 fully saturated rings. The smallest absolute Gasteiger partial charge is 0.261 e. The fraction of sp³-hybridized carbons (Fsp3) is 0.368. The summed E-state index contributed by atoms with van der Waals surface area (Å²) < 4.78 is 18.8. The molecule has 0 unspecified atom stereocenters. The highest BCUT2D eigenvalue weighted by Gasteiger charge is 2.28. The molecular weight excluding hydrogens is 323 g/mol. The number of fused-ring (bicyclic) bond motifs is 1. The Bertz CT molecular complexity index is 860. The predicted molar refractivity (Wildman–Crippen MR) is 90.1 cm³/mol. The number of aryl methyl sites for hydroxylation is 2. The molecule has 1 aliphatic heterocycles. The monoisotopic (exact) mass is 342 g/mol. The van der Waals surface area contributed by atoms with E-state index in [2.05, 4.69) is 4.98 Å². The molecule has 2 aliphatic rings. The number of rotatable bonds is 2. The molecule has 6 heteroatoms. The van der Waals surface area contributed by atoms with E-state index in [-0.39, 0.29) is 29.0 Å². The molecule has 1 amide bonds. The van der Waals surface area contributed by atoms with Gasteiger partial charge in [0.15, 0.2) is 0 Å². The van der Waals surface area contributed by atoms with E-state index in [1.54, 1.807) is 23.1 Å². The molecule has 2 heterocycles. The second-order valence-corrected chi connectivity index (χ2v) is 6.53. The first-order valence-corrected chi connectivity index (χ1v) is 8.53. The van der Waals surface area contributed by atoms with Gasteiger partial charge in [-0.15, -0.1) is 0 Å². The lowest BCUT2D eigenvalue weighted by atomic mass is 10.1. The molecule has 0 saturated carbocycles. The number of carbonyl (C=O) groups excluding carboxylic acids is 1. The fourth-order valence-electron chi connectivity index (χ4n) is 3.56. The Hall–Kier alpha value is -2.47. The van der Waals surface area contributed by atoms with Crippen LogP contribution < -0.4 is 5.56 Å². The number of aromatic nitrogens is 1. The minimum atomic E-state index is -0.324. The standard InChI is InChI=1S/C19H19FN2O3/c20-14-6-4-12(5-7-14)17-11-22(8-9-25-17)19(24)15-10-13-2-1-3-16(13)21-18(15)23/h4-7,10,17H,1-3,8-9,11H2,(H,21,23)/t17-/m1/s1. The summed E-state index contributed by atoms with van der Waals surface area (Å²) >= 11 is 0. The van der Waals surface area contributed by atoms with Gasteiger partial charge in [-0.05, 0) is 48.6 Å². The Kier molecular flexibility index (Phi) is 4.13. The fourth-order valence-corrected chi connectivity index (χ4v) is 3.56. The van der Waals surface area contributed by atoms with Crippen LogP contribution in [0.3, 0.4) is 0 Å². The number of hydrogen-bond acceptors (Lipinski definition) is 3. The first kappa shape index (κ1) is 16.0. The molecule has 1 saturated heterocycles. The van der Waals surface area contributed by atoms with E-state index < -0.39 is 0 Å². The van der Waals surface area contributed by atoms with Gasteiger partial charge in [-0.25, -0.2) is 4.39 Å². The molecule has 1 N–H and O–H groups in total. The van der Waals surface area contributed by atoms with E-state index in [0.717, 1.165) is 36.1 Å². The summed E-state index contributed by atoms with van der Waals surface area (Å²) in [7, 11) is 0. The zero-order valence-electron chi connectivity index (χ0n) is 13.8. The van der Waals surface area contributed by atoms with Gasteiger partial charge in [0.2, 0.25) is 0 Å². The van der Waals surface area contributed by atoms with E-state index in [4.69, 9.17) is 4.74 Å². The zero-order chi connectivity index (χ0) is 17.4. The van der Waals surface area contributed by atoms with Crippen LogP contribution in [0, 0.1) is 5.82 Å². The van der Waals surface area contributed by atoms with E-state index in [1.165, 1.54) is 12.1 Å². The molecule has 4 rings (SSSR count). The topological polar surface area (TPSA) is 62.4 Å². The minimum Gasteiger partial charge on any atom is -0.370 e. The third kappa shape index (κ3) is 3.09. The lowest BCUT2D eigenvalue weighted by Gasteiger charge is -2.33. The van der Waals surface area contributed by atoms with Crippen molar-refractivity contribution in [1.82, 2.24) is 9.88 Å². The molecule has 1 aliphatic carbocycles. The lowest BCUT2D eigenvalue weighted by molar-refractivity contribution is -0.0229. The van der Waals surface area contributed by atoms with Crippen molar-refractivity contribution in [3.63, 3.8) is 0 Å². The summed E-state index contributed by atoms with van der Waals surface area (Å²) in [4.78, 5) is 29.6. The number of nitrogens with one attached hydrogen (secondary N) is 1. The molecule has 1 aromatic carbocycles. The summed E-state index contributed by atoms with van der Waals surface area (Å²) in [6.07, 6.45) is 2.45. The highest BCUT2D eigenvalue weighted by atomic mass is 19.1. The van der Waals surface area contributed by atoms with E-state index >= 15 is 0 Å². The van der Waals surface area contributed by atoms with Crippen LogP contribution in [0.5, 0.6) is 0 Å². The highest BCUT2D eigenvalue weighted by Crippen LogP contribution is 2.24. The number of nitrogens with zero attached hydrogens (tertiary/aromatic N) is 1. The van der Waals surface area contributed by atoms with Crippen LogP contribution >= 0.6 is 0 Å². The predicted octanol–water partition coefficient (Wildman–Crippen LogP) is 2.22. The zero-order valence-corrected chi connectivity index (χ0v) is 13.8. The number of pyridine rings is 1. The number of H-pyrrole nitrogens is 1. The van der Waals surface area contributed by atoms with Crippen molar-refractivity contribution in [3.05, 3.63) is 68.9 Å². The molecule has 1 aromatic heterocycles. The molecule has 1 atom stereocenters. The lowest BCUT2D eigenvalue weighted by Crippen LogP contribution is -2.44. The quantitative estimate of drug-likeness (QED) is 0.910. The Balaban J connectivity index is 1.56. The first-order valence-electron chi connectivity index (χ1n) is 8.53. The van der Waals surface area contributed by atoms with Crippen molar-refractivity contribution in [3.8, 4) is 0 Å². The van der Waals surface area contributed by atoms with Gasteiger partial charge >= 0.3 is 0 Å². The van der Waals surface area contributed by atoms with Crippen LogP contribution in [0.4, 0.5) is 4.39 Å². The van der Waals surface area contributed by atoms with Crippen LogP contribution in [0.25, 0.3) is 0 Å². The van der Waals surface area contributed by atoms with Gasteiger partial charge in [0, 0.05) is 12.2 Å². The van der Waals surface area contributed by atoms with Crippen LogP contribution in [0.1, 0.15) is 39.7 Å². The molecule has 0 spiro atoms. The number of halogens is 1. The third-order valence-electron chi connectivity index (χ3n) is 4.91. The number of amides is 1. The van der Waals surface area contributed by atoms with Gasteiger partial charge in [0.05, 0.1) is 13.2 Å². The largest absolute Gasteiger partial charge is 0.370 e. The molecule has 130 valence electrons. The van der Waals surface area contributed by atoms with Crippen molar-refractivity contribution >= 4 is 5.91 Å². The van der Waals surface area contributed by atoms with Crippen molar-refractivity contribution in [2.45, 2.75) is 25.4 Å². The normalized spacial score (nSPS) is 19.7. The maximum atomic E-state index is 13.1. The number of ether oxygens (including phenoxy) is 1. The molecular formula is C19H19FN2O3. The summed E-state index contributed by atoms with van der Waals surface area (Å²) in [5, 5.41) is 0. The van der Waals surface area contributed by atoms with Gasteiger partial charge in [-0.2, -0.15) is 0 Å². The van der Waals surface area contributed by atoms with Crippen LogP contribution in [-0.2, 0) is 17.6 Å². The Morgan fingerprint density at radius 3 is 2.84 bits per heavy atom. The van der Waals surface area contributed by atoms with Gasteiger partial charge in [-0.1, -0.05) is 12.1 Å². The number of hydrogen-bond donors (Lipinski definition) is 1. The van der Waals surface area contributed by atoms with Gasteiger partial charge < -0.3 is 14.6 Å². The van der Waals surface area contributed by atoms with E-state index in [0.29, 0.717) is 19.7 Å². The second kappa shape index (κ2) is 6.44. The average Bonchev–Trinajstić information content (AvgIpc) is 3.08. The molecule has 5 nitrogen and oxygen atoms in total. The van der Waals surface area contributed by atoms with Gasteiger partial charge in [0.25, 0.3) is 11.5 Å². The van der Waals surface area contributed by atoms with E-state index in [9.17, 15) is 14.0 Å². The maximum absolute atomic E-state index is 13.1. The highest BCUT2D eigenvalue weighted by molar-refractivity contribution is 5.94. The Morgan fingerprint density at radius 2 is 2.04 bits per heavy atom. The summed E-state index contributed by atoms with van der Waals surface area (Å²) in [6.45, 7) is 1.17. The number of aromatic amines is 1. The molecule has 0 bridgehead atoms. The van der Waals surface area contributed by atoms with Crippen molar-refractivity contribution < 1.29 is 13.9 Å². The van der Waals surface area contributed by atoms with Gasteiger partial charge in [0.1, 0.15) is 17.5 Å². The van der Waals surface area contributed by atoms with Crippen molar-refractivity contribution in [2.75, 3.05) is 19.7 Å². The van der Waals surface area contributed by atoms with E-state index in [1.807, 2.05) is 0 Å². The minimum absolute atomic E-state index is 0.195.